The van der Waals surface area contributed by atoms with Crippen molar-refractivity contribution in [3.8, 4) is 0 Å². The van der Waals surface area contributed by atoms with Crippen molar-refractivity contribution < 1.29 is 4.39 Å². The Bertz CT molecular complexity index is 516. The number of hydrogen-bond acceptors (Lipinski definition) is 5. The van der Waals surface area contributed by atoms with Gasteiger partial charge in [-0.2, -0.15) is 0 Å². The molecule has 0 amide bonds. The number of rotatable bonds is 7. The van der Waals surface area contributed by atoms with Gasteiger partial charge in [-0.15, -0.1) is 5.10 Å². The van der Waals surface area contributed by atoms with Gasteiger partial charge in [-0.25, -0.2) is 9.07 Å². The van der Waals surface area contributed by atoms with Crippen LogP contribution in [0, 0.1) is 5.82 Å². The van der Waals surface area contributed by atoms with Gasteiger partial charge in [-0.1, -0.05) is 30.8 Å². The Labute approximate surface area is 115 Å². The van der Waals surface area contributed by atoms with Crippen LogP contribution in [-0.2, 0) is 12.3 Å². The van der Waals surface area contributed by atoms with Crippen molar-refractivity contribution in [3.63, 3.8) is 0 Å². The summed E-state index contributed by atoms with van der Waals surface area (Å²) in [4.78, 5) is 0. The Morgan fingerprint density at radius 1 is 1.42 bits per heavy atom. The van der Waals surface area contributed by atoms with Crippen LogP contribution in [0.1, 0.15) is 12.5 Å². The SMILES string of the molecule is CCNCCn1nnnc1SCc1cccc(F)c1. The van der Waals surface area contributed by atoms with Gasteiger partial charge in [0.05, 0.1) is 6.54 Å². The molecule has 2 rings (SSSR count). The zero-order valence-corrected chi connectivity index (χ0v) is 11.5. The normalized spacial score (nSPS) is 10.8. The lowest BCUT2D eigenvalue weighted by Crippen LogP contribution is -2.20. The molecular weight excluding hydrogens is 265 g/mol. The second-order valence-electron chi connectivity index (χ2n) is 3.96. The molecule has 0 spiro atoms. The molecule has 1 heterocycles. The first kappa shape index (κ1) is 14.0. The summed E-state index contributed by atoms with van der Waals surface area (Å²) < 4.78 is 14.8. The molecule has 102 valence electrons. The molecule has 19 heavy (non-hydrogen) atoms. The van der Waals surface area contributed by atoms with Gasteiger partial charge in [0.2, 0.25) is 5.16 Å². The zero-order valence-electron chi connectivity index (χ0n) is 10.7. The minimum Gasteiger partial charge on any atom is -0.315 e. The van der Waals surface area contributed by atoms with Crippen LogP contribution in [0.5, 0.6) is 0 Å². The third-order valence-corrected chi connectivity index (χ3v) is 3.53. The molecule has 5 nitrogen and oxygen atoms in total. The van der Waals surface area contributed by atoms with E-state index >= 15 is 0 Å². The molecule has 0 saturated carbocycles. The number of tetrazole rings is 1. The third kappa shape index (κ3) is 4.29. The van der Waals surface area contributed by atoms with Gasteiger partial charge in [0.15, 0.2) is 0 Å². The number of nitrogens with zero attached hydrogens (tertiary/aromatic N) is 4. The molecular formula is C12H16FN5S. The van der Waals surface area contributed by atoms with Crippen LogP contribution in [0.15, 0.2) is 29.4 Å². The first-order chi connectivity index (χ1) is 9.29. The lowest BCUT2D eigenvalue weighted by molar-refractivity contribution is 0.517. The van der Waals surface area contributed by atoms with Gasteiger partial charge >= 0.3 is 0 Å². The van der Waals surface area contributed by atoms with E-state index in [4.69, 9.17) is 0 Å². The average molecular weight is 281 g/mol. The quantitative estimate of drug-likeness (QED) is 0.618. The molecule has 0 bridgehead atoms. The molecule has 0 aliphatic carbocycles. The molecule has 0 fully saturated rings. The number of aromatic nitrogens is 4. The highest BCUT2D eigenvalue weighted by atomic mass is 32.2. The fourth-order valence-electron chi connectivity index (χ4n) is 1.58. The summed E-state index contributed by atoms with van der Waals surface area (Å²) >= 11 is 1.51. The maximum Gasteiger partial charge on any atom is 0.209 e. The lowest BCUT2D eigenvalue weighted by Gasteiger charge is -2.04. The van der Waals surface area contributed by atoms with Crippen molar-refractivity contribution in [1.29, 1.82) is 0 Å². The van der Waals surface area contributed by atoms with Gasteiger partial charge in [0.1, 0.15) is 5.82 Å². The molecule has 0 saturated heterocycles. The standard InChI is InChI=1S/C12H16FN5S/c1-2-14-6-7-18-12(15-16-17-18)19-9-10-4-3-5-11(13)8-10/h3-5,8,14H,2,6-7,9H2,1H3. The van der Waals surface area contributed by atoms with Crippen molar-refractivity contribution in [2.45, 2.75) is 24.4 Å². The number of likely N-dealkylation sites (N-methyl/N-ethyl adjacent to an activating group) is 1. The fraction of sp³-hybridized carbons (Fsp3) is 0.417. The van der Waals surface area contributed by atoms with Crippen molar-refractivity contribution in [2.75, 3.05) is 13.1 Å². The second-order valence-corrected chi connectivity index (χ2v) is 4.90. The molecule has 0 atom stereocenters. The van der Waals surface area contributed by atoms with Crippen LogP contribution in [0.3, 0.4) is 0 Å². The largest absolute Gasteiger partial charge is 0.315 e. The predicted molar refractivity (Wildman–Crippen MR) is 72.3 cm³/mol. The summed E-state index contributed by atoms with van der Waals surface area (Å²) in [5.41, 5.74) is 0.922. The smallest absolute Gasteiger partial charge is 0.209 e. The molecule has 0 radical (unpaired) electrons. The maximum absolute atomic E-state index is 13.1. The molecule has 0 aliphatic heterocycles. The monoisotopic (exact) mass is 281 g/mol. The summed E-state index contributed by atoms with van der Waals surface area (Å²) in [6.07, 6.45) is 0. The first-order valence-corrected chi connectivity index (χ1v) is 7.12. The first-order valence-electron chi connectivity index (χ1n) is 6.13. The van der Waals surface area contributed by atoms with Crippen molar-refractivity contribution in [1.82, 2.24) is 25.5 Å². The van der Waals surface area contributed by atoms with E-state index in [0.29, 0.717) is 5.75 Å². The van der Waals surface area contributed by atoms with E-state index in [1.807, 2.05) is 6.07 Å². The van der Waals surface area contributed by atoms with Crippen molar-refractivity contribution in [2.24, 2.45) is 0 Å². The molecule has 1 aromatic carbocycles. The van der Waals surface area contributed by atoms with Gasteiger partial charge in [0.25, 0.3) is 0 Å². The highest BCUT2D eigenvalue weighted by Crippen LogP contribution is 2.20. The Balaban J connectivity index is 1.90. The van der Waals surface area contributed by atoms with Crippen molar-refractivity contribution in [3.05, 3.63) is 35.6 Å². The Kier molecular flexibility index (Phi) is 5.29. The van der Waals surface area contributed by atoms with E-state index in [2.05, 4.69) is 27.8 Å². The Morgan fingerprint density at radius 3 is 3.11 bits per heavy atom. The minimum absolute atomic E-state index is 0.218. The number of halogens is 1. The molecule has 1 N–H and O–H groups in total. The van der Waals surface area contributed by atoms with E-state index in [-0.39, 0.29) is 5.82 Å². The molecule has 2 aromatic rings. The summed E-state index contributed by atoms with van der Waals surface area (Å²) in [5.74, 6) is 0.434. The number of thioether (sulfide) groups is 1. The van der Waals surface area contributed by atoms with Crippen LogP contribution in [0.4, 0.5) is 4.39 Å². The van der Waals surface area contributed by atoms with Gasteiger partial charge in [-0.3, -0.25) is 0 Å². The summed E-state index contributed by atoms with van der Waals surface area (Å²) in [6.45, 7) is 4.54. The van der Waals surface area contributed by atoms with E-state index in [9.17, 15) is 4.39 Å². The van der Waals surface area contributed by atoms with E-state index in [0.717, 1.165) is 30.4 Å². The molecule has 1 aromatic heterocycles. The molecule has 7 heteroatoms. The fourth-order valence-corrected chi connectivity index (χ4v) is 2.42. The van der Waals surface area contributed by atoms with E-state index in [1.165, 1.54) is 23.9 Å². The van der Waals surface area contributed by atoms with E-state index < -0.39 is 0 Å². The highest BCUT2D eigenvalue weighted by Gasteiger charge is 2.06. The van der Waals surface area contributed by atoms with Crippen LogP contribution in [-0.4, -0.2) is 33.3 Å². The third-order valence-electron chi connectivity index (χ3n) is 2.51. The van der Waals surface area contributed by atoms with Crippen LogP contribution < -0.4 is 5.32 Å². The Morgan fingerprint density at radius 2 is 2.32 bits per heavy atom. The van der Waals surface area contributed by atoms with Gasteiger partial charge < -0.3 is 5.32 Å². The zero-order chi connectivity index (χ0) is 13.5. The summed E-state index contributed by atoms with van der Waals surface area (Å²) in [7, 11) is 0. The lowest BCUT2D eigenvalue weighted by atomic mass is 10.2. The van der Waals surface area contributed by atoms with Crippen LogP contribution in [0.2, 0.25) is 0 Å². The molecule has 0 unspecified atom stereocenters. The number of hydrogen-bond donors (Lipinski definition) is 1. The van der Waals surface area contributed by atoms with Crippen LogP contribution >= 0.6 is 11.8 Å². The summed E-state index contributed by atoms with van der Waals surface area (Å²) in [6, 6.07) is 6.57. The summed E-state index contributed by atoms with van der Waals surface area (Å²) in [5, 5.41) is 15.6. The van der Waals surface area contributed by atoms with Crippen molar-refractivity contribution >= 4 is 11.8 Å². The van der Waals surface area contributed by atoms with Gasteiger partial charge in [-0.05, 0) is 34.7 Å². The van der Waals surface area contributed by atoms with E-state index in [1.54, 1.807) is 10.7 Å². The molecule has 0 aliphatic rings. The number of nitrogens with one attached hydrogen (secondary N) is 1. The second kappa shape index (κ2) is 7.20. The maximum atomic E-state index is 13.1. The van der Waals surface area contributed by atoms with Crippen LogP contribution in [0.25, 0.3) is 0 Å². The average Bonchev–Trinajstić information content (AvgIpc) is 2.84. The number of benzene rings is 1. The topological polar surface area (TPSA) is 55.6 Å². The predicted octanol–water partition coefficient (Wildman–Crippen LogP) is 1.71. The van der Waals surface area contributed by atoms with Gasteiger partial charge in [0, 0.05) is 12.3 Å². The Hall–Kier alpha value is -1.47. The highest BCUT2D eigenvalue weighted by molar-refractivity contribution is 7.98. The minimum atomic E-state index is -0.218.